The van der Waals surface area contributed by atoms with Crippen molar-refractivity contribution < 1.29 is 4.74 Å². The summed E-state index contributed by atoms with van der Waals surface area (Å²) in [7, 11) is 0. The van der Waals surface area contributed by atoms with Gasteiger partial charge in [0.15, 0.2) is 0 Å². The molecule has 100 valence electrons. The SMILES string of the molecule is CCCC(C)Oc1cccc(N2CCNCC2)c1. The summed E-state index contributed by atoms with van der Waals surface area (Å²) < 4.78 is 5.94. The van der Waals surface area contributed by atoms with E-state index in [9.17, 15) is 0 Å². The van der Waals surface area contributed by atoms with E-state index in [4.69, 9.17) is 4.74 Å². The number of benzene rings is 1. The summed E-state index contributed by atoms with van der Waals surface area (Å²) in [6.45, 7) is 8.62. The van der Waals surface area contributed by atoms with E-state index in [1.165, 1.54) is 12.1 Å². The lowest BCUT2D eigenvalue weighted by atomic mass is 10.2. The first-order valence-electron chi connectivity index (χ1n) is 7.02. The Bertz CT molecular complexity index is 361. The minimum atomic E-state index is 0.299. The number of hydrogen-bond donors (Lipinski definition) is 1. The highest BCUT2D eigenvalue weighted by atomic mass is 16.5. The van der Waals surface area contributed by atoms with Crippen LogP contribution in [0, 0.1) is 0 Å². The Hall–Kier alpha value is -1.22. The molecule has 0 saturated carbocycles. The zero-order chi connectivity index (χ0) is 12.8. The molecule has 1 atom stereocenters. The van der Waals surface area contributed by atoms with E-state index in [1.54, 1.807) is 0 Å². The minimum absolute atomic E-state index is 0.299. The molecule has 1 aliphatic heterocycles. The van der Waals surface area contributed by atoms with Crippen molar-refractivity contribution in [3.05, 3.63) is 24.3 Å². The number of anilines is 1. The second kappa shape index (κ2) is 6.64. The highest BCUT2D eigenvalue weighted by Crippen LogP contribution is 2.22. The van der Waals surface area contributed by atoms with Crippen LogP contribution >= 0.6 is 0 Å². The van der Waals surface area contributed by atoms with Crippen LogP contribution < -0.4 is 15.0 Å². The Morgan fingerprint density at radius 3 is 2.83 bits per heavy atom. The van der Waals surface area contributed by atoms with Crippen LogP contribution in [0.2, 0.25) is 0 Å². The average molecular weight is 248 g/mol. The Balaban J connectivity index is 2.00. The molecule has 1 unspecified atom stereocenters. The number of ether oxygens (including phenoxy) is 1. The van der Waals surface area contributed by atoms with E-state index in [0.717, 1.165) is 38.3 Å². The molecule has 1 aromatic rings. The molecule has 1 aliphatic rings. The number of hydrogen-bond acceptors (Lipinski definition) is 3. The molecule has 1 saturated heterocycles. The number of rotatable bonds is 5. The normalized spacial score (nSPS) is 17.6. The lowest BCUT2D eigenvalue weighted by Crippen LogP contribution is -2.43. The van der Waals surface area contributed by atoms with Gasteiger partial charge in [0.05, 0.1) is 6.10 Å². The van der Waals surface area contributed by atoms with Crippen molar-refractivity contribution in [2.24, 2.45) is 0 Å². The summed E-state index contributed by atoms with van der Waals surface area (Å²) in [5, 5.41) is 3.38. The fourth-order valence-corrected chi connectivity index (χ4v) is 2.37. The van der Waals surface area contributed by atoms with E-state index < -0.39 is 0 Å². The monoisotopic (exact) mass is 248 g/mol. The van der Waals surface area contributed by atoms with Crippen molar-refractivity contribution in [3.63, 3.8) is 0 Å². The summed E-state index contributed by atoms with van der Waals surface area (Å²) in [4.78, 5) is 2.41. The maximum absolute atomic E-state index is 5.94. The van der Waals surface area contributed by atoms with Crippen LogP contribution in [0.3, 0.4) is 0 Å². The van der Waals surface area contributed by atoms with E-state index >= 15 is 0 Å². The van der Waals surface area contributed by atoms with Crippen LogP contribution in [0.5, 0.6) is 5.75 Å². The van der Waals surface area contributed by atoms with Gasteiger partial charge in [-0.25, -0.2) is 0 Å². The van der Waals surface area contributed by atoms with Gasteiger partial charge in [0.2, 0.25) is 0 Å². The summed E-state index contributed by atoms with van der Waals surface area (Å²) in [5.74, 6) is 0.993. The number of nitrogens with one attached hydrogen (secondary N) is 1. The Labute approximate surface area is 110 Å². The van der Waals surface area contributed by atoms with Crippen LogP contribution in [0.4, 0.5) is 5.69 Å². The lowest BCUT2D eigenvalue weighted by Gasteiger charge is -2.29. The van der Waals surface area contributed by atoms with Crippen LogP contribution in [-0.4, -0.2) is 32.3 Å². The van der Waals surface area contributed by atoms with E-state index in [-0.39, 0.29) is 0 Å². The smallest absolute Gasteiger partial charge is 0.121 e. The first kappa shape index (κ1) is 13.2. The summed E-state index contributed by atoms with van der Waals surface area (Å²) in [6.07, 6.45) is 2.57. The summed E-state index contributed by atoms with van der Waals surface area (Å²) in [5.41, 5.74) is 1.28. The highest BCUT2D eigenvalue weighted by Gasteiger charge is 2.11. The van der Waals surface area contributed by atoms with Gasteiger partial charge in [-0.05, 0) is 25.5 Å². The highest BCUT2D eigenvalue weighted by molar-refractivity contribution is 5.51. The van der Waals surface area contributed by atoms with Gasteiger partial charge in [-0.1, -0.05) is 19.4 Å². The van der Waals surface area contributed by atoms with Gasteiger partial charge in [-0.15, -0.1) is 0 Å². The molecule has 0 bridgehead atoms. The second-order valence-corrected chi connectivity index (χ2v) is 4.95. The molecule has 1 fully saturated rings. The topological polar surface area (TPSA) is 24.5 Å². The maximum atomic E-state index is 5.94. The molecule has 1 aromatic carbocycles. The van der Waals surface area contributed by atoms with E-state index in [2.05, 4.69) is 48.3 Å². The third-order valence-electron chi connectivity index (χ3n) is 3.33. The lowest BCUT2D eigenvalue weighted by molar-refractivity contribution is 0.210. The van der Waals surface area contributed by atoms with Gasteiger partial charge in [0, 0.05) is 37.9 Å². The summed E-state index contributed by atoms with van der Waals surface area (Å²) >= 11 is 0. The van der Waals surface area contributed by atoms with Crippen molar-refractivity contribution in [1.82, 2.24) is 5.32 Å². The Morgan fingerprint density at radius 1 is 1.33 bits per heavy atom. The molecule has 18 heavy (non-hydrogen) atoms. The quantitative estimate of drug-likeness (QED) is 0.867. The van der Waals surface area contributed by atoms with Crippen molar-refractivity contribution in [3.8, 4) is 5.75 Å². The minimum Gasteiger partial charge on any atom is -0.491 e. The predicted molar refractivity (Wildman–Crippen MR) is 76.5 cm³/mol. The van der Waals surface area contributed by atoms with Crippen molar-refractivity contribution >= 4 is 5.69 Å². The van der Waals surface area contributed by atoms with Gasteiger partial charge < -0.3 is 15.0 Å². The molecule has 0 radical (unpaired) electrons. The molecule has 1 N–H and O–H groups in total. The largest absolute Gasteiger partial charge is 0.491 e. The molecule has 2 rings (SSSR count). The molecule has 3 nitrogen and oxygen atoms in total. The number of piperazine rings is 1. The van der Waals surface area contributed by atoms with Crippen molar-refractivity contribution in [2.45, 2.75) is 32.8 Å². The maximum Gasteiger partial charge on any atom is 0.121 e. The molecule has 0 spiro atoms. The fraction of sp³-hybridized carbons (Fsp3) is 0.600. The molecular formula is C15H24N2O. The molecule has 0 aromatic heterocycles. The Morgan fingerprint density at radius 2 is 2.11 bits per heavy atom. The first-order valence-corrected chi connectivity index (χ1v) is 7.02. The van der Waals surface area contributed by atoms with Crippen LogP contribution in [0.1, 0.15) is 26.7 Å². The second-order valence-electron chi connectivity index (χ2n) is 4.95. The summed E-state index contributed by atoms with van der Waals surface area (Å²) in [6, 6.07) is 8.48. The molecule has 3 heteroatoms. The van der Waals surface area contributed by atoms with Gasteiger partial charge in [0.1, 0.15) is 5.75 Å². The standard InChI is InChI=1S/C15H24N2O/c1-3-5-13(2)18-15-7-4-6-14(12-15)17-10-8-16-9-11-17/h4,6-7,12-13,16H,3,5,8-11H2,1-2H3. The molecule has 0 aliphatic carbocycles. The van der Waals surface area contributed by atoms with Gasteiger partial charge in [-0.2, -0.15) is 0 Å². The van der Waals surface area contributed by atoms with E-state index in [1.807, 2.05) is 0 Å². The Kier molecular flexibility index (Phi) is 4.88. The first-order chi connectivity index (χ1) is 8.79. The van der Waals surface area contributed by atoms with E-state index in [0.29, 0.717) is 6.10 Å². The average Bonchev–Trinajstić information content (AvgIpc) is 2.40. The predicted octanol–water partition coefficient (Wildman–Crippen LogP) is 2.66. The van der Waals surface area contributed by atoms with Crippen molar-refractivity contribution in [2.75, 3.05) is 31.1 Å². The molecular weight excluding hydrogens is 224 g/mol. The molecule has 1 heterocycles. The van der Waals surface area contributed by atoms with Gasteiger partial charge in [0.25, 0.3) is 0 Å². The van der Waals surface area contributed by atoms with Gasteiger partial charge in [-0.3, -0.25) is 0 Å². The zero-order valence-corrected chi connectivity index (χ0v) is 11.5. The van der Waals surface area contributed by atoms with Crippen LogP contribution in [0.15, 0.2) is 24.3 Å². The number of nitrogens with zero attached hydrogens (tertiary/aromatic N) is 1. The van der Waals surface area contributed by atoms with Gasteiger partial charge >= 0.3 is 0 Å². The third-order valence-corrected chi connectivity index (χ3v) is 3.33. The fourth-order valence-electron chi connectivity index (χ4n) is 2.37. The van der Waals surface area contributed by atoms with Crippen LogP contribution in [0.25, 0.3) is 0 Å². The van der Waals surface area contributed by atoms with Crippen molar-refractivity contribution in [1.29, 1.82) is 0 Å². The van der Waals surface area contributed by atoms with Crippen LogP contribution in [-0.2, 0) is 0 Å². The molecule has 0 amide bonds. The third kappa shape index (κ3) is 3.64. The zero-order valence-electron chi connectivity index (χ0n) is 11.5.